The molecule has 2 heteroatoms. The van der Waals surface area contributed by atoms with Crippen LogP contribution in [0.15, 0.2) is 24.3 Å². The number of benzene rings is 1. The van der Waals surface area contributed by atoms with Crippen LogP contribution >= 0.6 is 0 Å². The summed E-state index contributed by atoms with van der Waals surface area (Å²) in [6, 6.07) is 8.82. The molecule has 18 heavy (non-hydrogen) atoms. The molecule has 0 amide bonds. The molecule has 1 N–H and O–H groups in total. The molecule has 0 aromatic heterocycles. The zero-order valence-corrected chi connectivity index (χ0v) is 11.8. The van der Waals surface area contributed by atoms with Gasteiger partial charge in [-0.05, 0) is 37.8 Å². The van der Waals surface area contributed by atoms with Crippen molar-refractivity contribution >= 4 is 0 Å². The van der Waals surface area contributed by atoms with Gasteiger partial charge in [-0.25, -0.2) is 0 Å². The SMILES string of the molecule is CCC(c1ccccc1O)N1CCCC1C(C)C. The van der Waals surface area contributed by atoms with Crippen molar-refractivity contribution in [3.8, 4) is 5.75 Å². The highest BCUT2D eigenvalue weighted by molar-refractivity contribution is 5.34. The summed E-state index contributed by atoms with van der Waals surface area (Å²) in [6.07, 6.45) is 3.63. The summed E-state index contributed by atoms with van der Waals surface area (Å²) >= 11 is 0. The van der Waals surface area contributed by atoms with E-state index in [2.05, 4.69) is 31.7 Å². The van der Waals surface area contributed by atoms with Crippen molar-refractivity contribution in [2.24, 2.45) is 5.92 Å². The molecule has 1 aliphatic heterocycles. The average molecular weight is 247 g/mol. The van der Waals surface area contributed by atoms with Gasteiger partial charge in [0.05, 0.1) is 0 Å². The Morgan fingerprint density at radius 2 is 2.06 bits per heavy atom. The van der Waals surface area contributed by atoms with Gasteiger partial charge in [0.15, 0.2) is 0 Å². The fraction of sp³-hybridized carbons (Fsp3) is 0.625. The molecule has 2 nitrogen and oxygen atoms in total. The van der Waals surface area contributed by atoms with Crippen LogP contribution in [0.4, 0.5) is 0 Å². The van der Waals surface area contributed by atoms with Crippen molar-refractivity contribution in [2.45, 2.75) is 52.1 Å². The molecule has 0 radical (unpaired) electrons. The van der Waals surface area contributed by atoms with Crippen LogP contribution in [-0.2, 0) is 0 Å². The third kappa shape index (κ3) is 2.54. The van der Waals surface area contributed by atoms with Gasteiger partial charge in [-0.3, -0.25) is 4.90 Å². The number of hydrogen-bond donors (Lipinski definition) is 1. The van der Waals surface area contributed by atoms with E-state index >= 15 is 0 Å². The predicted octanol–water partition coefficient (Wildman–Crippen LogP) is 3.96. The zero-order valence-electron chi connectivity index (χ0n) is 11.8. The molecule has 2 atom stereocenters. The minimum Gasteiger partial charge on any atom is -0.508 e. The van der Waals surface area contributed by atoms with Gasteiger partial charge in [0, 0.05) is 17.6 Å². The first kappa shape index (κ1) is 13.4. The van der Waals surface area contributed by atoms with E-state index in [1.54, 1.807) is 6.07 Å². The van der Waals surface area contributed by atoms with Crippen LogP contribution in [0.5, 0.6) is 5.75 Å². The summed E-state index contributed by atoms with van der Waals surface area (Å²) in [4.78, 5) is 2.60. The first-order chi connectivity index (χ1) is 8.65. The minimum absolute atomic E-state index is 0.362. The lowest BCUT2D eigenvalue weighted by Gasteiger charge is -2.35. The summed E-state index contributed by atoms with van der Waals surface area (Å²) in [7, 11) is 0. The van der Waals surface area contributed by atoms with E-state index in [-0.39, 0.29) is 0 Å². The summed E-state index contributed by atoms with van der Waals surface area (Å²) < 4.78 is 0. The third-order valence-corrected chi connectivity index (χ3v) is 4.19. The summed E-state index contributed by atoms with van der Waals surface area (Å²) in [5.41, 5.74) is 1.09. The van der Waals surface area contributed by atoms with E-state index in [0.717, 1.165) is 18.5 Å². The molecule has 0 aliphatic carbocycles. The quantitative estimate of drug-likeness (QED) is 0.870. The van der Waals surface area contributed by atoms with Gasteiger partial charge in [0.2, 0.25) is 0 Å². The molecule has 1 fully saturated rings. The molecule has 2 rings (SSSR count). The highest BCUT2D eigenvalue weighted by atomic mass is 16.3. The van der Waals surface area contributed by atoms with Gasteiger partial charge in [0.25, 0.3) is 0 Å². The number of likely N-dealkylation sites (tertiary alicyclic amines) is 1. The Labute approximate surface area is 111 Å². The van der Waals surface area contributed by atoms with Crippen LogP contribution < -0.4 is 0 Å². The normalized spacial score (nSPS) is 22.6. The number of rotatable bonds is 4. The maximum Gasteiger partial charge on any atom is 0.120 e. The molecule has 0 bridgehead atoms. The van der Waals surface area contributed by atoms with Crippen molar-refractivity contribution in [3.05, 3.63) is 29.8 Å². The second kappa shape index (κ2) is 5.75. The Bertz CT molecular complexity index is 388. The standard InChI is InChI=1S/C16H25NO/c1-4-14(13-8-5-6-10-16(13)18)17-11-7-9-15(17)12(2)3/h5-6,8,10,12,14-15,18H,4,7,9,11H2,1-3H3. The number of phenols is 1. The Balaban J connectivity index is 2.26. The second-order valence-corrected chi connectivity index (χ2v) is 5.67. The first-order valence-corrected chi connectivity index (χ1v) is 7.18. The van der Waals surface area contributed by atoms with Crippen molar-refractivity contribution in [3.63, 3.8) is 0 Å². The number of hydrogen-bond acceptors (Lipinski definition) is 2. The van der Waals surface area contributed by atoms with E-state index in [1.807, 2.05) is 12.1 Å². The maximum absolute atomic E-state index is 10.1. The van der Waals surface area contributed by atoms with Gasteiger partial charge in [-0.1, -0.05) is 39.0 Å². The Hall–Kier alpha value is -1.02. The molecule has 1 heterocycles. The maximum atomic E-state index is 10.1. The van der Waals surface area contributed by atoms with E-state index in [0.29, 0.717) is 23.8 Å². The number of phenolic OH excluding ortho intramolecular Hbond substituents is 1. The highest BCUT2D eigenvalue weighted by Gasteiger charge is 2.33. The van der Waals surface area contributed by atoms with Gasteiger partial charge >= 0.3 is 0 Å². The molecule has 0 saturated carbocycles. The zero-order chi connectivity index (χ0) is 13.1. The predicted molar refractivity (Wildman–Crippen MR) is 75.7 cm³/mol. The van der Waals surface area contributed by atoms with E-state index in [9.17, 15) is 5.11 Å². The number of para-hydroxylation sites is 1. The Morgan fingerprint density at radius 1 is 1.33 bits per heavy atom. The second-order valence-electron chi connectivity index (χ2n) is 5.67. The van der Waals surface area contributed by atoms with Gasteiger partial charge in [0.1, 0.15) is 5.75 Å². The molecule has 100 valence electrons. The van der Waals surface area contributed by atoms with Crippen LogP contribution in [0.2, 0.25) is 0 Å². The minimum atomic E-state index is 0.362. The van der Waals surface area contributed by atoms with Crippen LogP contribution in [0.3, 0.4) is 0 Å². The van der Waals surface area contributed by atoms with Crippen LogP contribution in [0, 0.1) is 5.92 Å². The van der Waals surface area contributed by atoms with E-state index < -0.39 is 0 Å². The largest absolute Gasteiger partial charge is 0.508 e. The highest BCUT2D eigenvalue weighted by Crippen LogP contribution is 2.37. The van der Waals surface area contributed by atoms with Gasteiger partial charge in [-0.2, -0.15) is 0 Å². The molecule has 2 unspecified atom stereocenters. The summed E-state index contributed by atoms with van der Waals surface area (Å²) in [5.74, 6) is 1.13. The fourth-order valence-corrected chi connectivity index (χ4v) is 3.32. The molecule has 1 aromatic rings. The molecule has 0 spiro atoms. The molecule has 1 aliphatic rings. The molecular formula is C16H25NO. The monoisotopic (exact) mass is 247 g/mol. The van der Waals surface area contributed by atoms with Crippen molar-refractivity contribution in [2.75, 3.05) is 6.54 Å². The fourth-order valence-electron chi connectivity index (χ4n) is 3.32. The van der Waals surface area contributed by atoms with E-state index in [1.165, 1.54) is 12.8 Å². The molecule has 1 aromatic carbocycles. The smallest absolute Gasteiger partial charge is 0.120 e. The van der Waals surface area contributed by atoms with Crippen LogP contribution in [-0.4, -0.2) is 22.6 Å². The lowest BCUT2D eigenvalue weighted by molar-refractivity contribution is 0.140. The third-order valence-electron chi connectivity index (χ3n) is 4.19. The lowest BCUT2D eigenvalue weighted by Crippen LogP contribution is -2.36. The topological polar surface area (TPSA) is 23.5 Å². The van der Waals surface area contributed by atoms with Crippen molar-refractivity contribution in [1.82, 2.24) is 4.90 Å². The van der Waals surface area contributed by atoms with Crippen LogP contribution in [0.25, 0.3) is 0 Å². The summed E-state index contributed by atoms with van der Waals surface area (Å²) in [5, 5.41) is 10.1. The molecule has 1 saturated heterocycles. The molecular weight excluding hydrogens is 222 g/mol. The van der Waals surface area contributed by atoms with Crippen molar-refractivity contribution in [1.29, 1.82) is 0 Å². The number of nitrogens with zero attached hydrogens (tertiary/aromatic N) is 1. The van der Waals surface area contributed by atoms with Crippen LogP contribution in [0.1, 0.15) is 51.6 Å². The Kier molecular flexibility index (Phi) is 4.28. The Morgan fingerprint density at radius 3 is 2.67 bits per heavy atom. The summed E-state index contributed by atoms with van der Waals surface area (Å²) in [6.45, 7) is 7.99. The van der Waals surface area contributed by atoms with E-state index in [4.69, 9.17) is 0 Å². The van der Waals surface area contributed by atoms with Gasteiger partial charge < -0.3 is 5.11 Å². The average Bonchev–Trinajstić information content (AvgIpc) is 2.82. The lowest BCUT2D eigenvalue weighted by atomic mass is 9.96. The number of aromatic hydroxyl groups is 1. The first-order valence-electron chi connectivity index (χ1n) is 7.18. The van der Waals surface area contributed by atoms with Crippen molar-refractivity contribution < 1.29 is 5.11 Å². The van der Waals surface area contributed by atoms with Gasteiger partial charge in [-0.15, -0.1) is 0 Å².